The molecule has 13 heteroatoms. The highest BCUT2D eigenvalue weighted by Crippen LogP contribution is 2.41. The molecule has 41 heavy (non-hydrogen) atoms. The molecule has 1 saturated heterocycles. The Morgan fingerprint density at radius 2 is 1.95 bits per heavy atom. The van der Waals surface area contributed by atoms with Crippen LogP contribution in [0.5, 0.6) is 0 Å². The Hall–Kier alpha value is -3.70. The molecule has 5 aromatic rings. The maximum absolute atomic E-state index is 13.3. The molecule has 0 amide bonds. The average Bonchev–Trinajstić information content (AvgIpc) is 3.40. The number of halogens is 1. The van der Waals surface area contributed by atoms with Gasteiger partial charge in [-0.1, -0.05) is 6.07 Å². The first-order valence-electron chi connectivity index (χ1n) is 13.1. The molecule has 1 atom stereocenters. The van der Waals surface area contributed by atoms with Crippen LogP contribution in [0.1, 0.15) is 11.7 Å². The van der Waals surface area contributed by atoms with E-state index in [0.717, 1.165) is 35.5 Å². The third-order valence-electron chi connectivity index (χ3n) is 6.75. The first-order chi connectivity index (χ1) is 19.8. The van der Waals surface area contributed by atoms with Crippen molar-refractivity contribution in [1.29, 1.82) is 0 Å². The number of aryl methyl sites for hydroxylation is 1. The maximum Gasteiger partial charge on any atom is 0.229 e. The van der Waals surface area contributed by atoms with E-state index in [2.05, 4.69) is 64.1 Å². The number of hydrogen-bond acceptors (Lipinski definition) is 10. The summed E-state index contributed by atoms with van der Waals surface area (Å²) in [6.07, 6.45) is 8.69. The number of fused-ring (bicyclic) bond motifs is 1. The van der Waals surface area contributed by atoms with Gasteiger partial charge in [-0.2, -0.15) is 10.1 Å². The van der Waals surface area contributed by atoms with Crippen molar-refractivity contribution in [2.75, 3.05) is 43.7 Å². The second-order valence-electron chi connectivity index (χ2n) is 10.1. The van der Waals surface area contributed by atoms with Gasteiger partial charge in [-0.25, -0.2) is 4.98 Å². The van der Waals surface area contributed by atoms with E-state index in [1.54, 1.807) is 36.6 Å². The molecular formula is C28H29BrN9O2P. The van der Waals surface area contributed by atoms with E-state index in [9.17, 15) is 4.57 Å². The summed E-state index contributed by atoms with van der Waals surface area (Å²) in [7, 11) is -0.830. The molecule has 0 spiro atoms. The predicted octanol–water partition coefficient (Wildman–Crippen LogP) is 4.98. The Kier molecular flexibility index (Phi) is 7.56. The van der Waals surface area contributed by atoms with Crippen LogP contribution in [-0.2, 0) is 16.3 Å². The third-order valence-corrected chi connectivity index (χ3v) is 8.86. The van der Waals surface area contributed by atoms with Crippen molar-refractivity contribution < 1.29 is 9.30 Å². The molecule has 2 aromatic carbocycles. The number of benzene rings is 2. The first-order valence-corrected chi connectivity index (χ1v) is 16.5. The average molecular weight is 634 g/mol. The molecule has 0 saturated carbocycles. The van der Waals surface area contributed by atoms with E-state index in [0.29, 0.717) is 44.9 Å². The van der Waals surface area contributed by atoms with E-state index < -0.39 is 7.14 Å². The van der Waals surface area contributed by atoms with Crippen molar-refractivity contribution in [3.8, 4) is 11.1 Å². The second kappa shape index (κ2) is 11.3. The molecule has 0 aliphatic carbocycles. The lowest BCUT2D eigenvalue weighted by atomic mass is 9.96. The van der Waals surface area contributed by atoms with E-state index in [4.69, 9.17) is 9.72 Å². The predicted molar refractivity (Wildman–Crippen MR) is 165 cm³/mol. The highest BCUT2D eigenvalue weighted by molar-refractivity contribution is 9.10. The normalized spacial score (nSPS) is 15.7. The maximum atomic E-state index is 13.3. The van der Waals surface area contributed by atoms with Crippen LogP contribution in [-0.4, -0.2) is 62.7 Å². The Balaban J connectivity index is 1.33. The molecule has 0 radical (unpaired) electrons. The molecule has 3 aromatic heterocycles. The number of anilines is 4. The molecule has 210 valence electrons. The lowest BCUT2D eigenvalue weighted by Gasteiger charge is -2.26. The number of morpholine rings is 1. The fourth-order valence-corrected chi connectivity index (χ4v) is 6.61. The van der Waals surface area contributed by atoms with Crippen LogP contribution in [0.2, 0.25) is 0 Å². The Bertz CT molecular complexity index is 1780. The van der Waals surface area contributed by atoms with Gasteiger partial charge >= 0.3 is 0 Å². The molecule has 6 rings (SSSR count). The van der Waals surface area contributed by atoms with Crippen molar-refractivity contribution in [2.45, 2.75) is 6.10 Å². The summed E-state index contributed by atoms with van der Waals surface area (Å²) < 4.78 is 21.8. The van der Waals surface area contributed by atoms with Crippen molar-refractivity contribution >= 4 is 62.6 Å². The Labute approximate surface area is 245 Å². The lowest BCUT2D eigenvalue weighted by Crippen LogP contribution is -2.33. The van der Waals surface area contributed by atoms with Crippen LogP contribution < -0.4 is 21.3 Å². The van der Waals surface area contributed by atoms with E-state index in [1.165, 1.54) is 0 Å². The van der Waals surface area contributed by atoms with Crippen LogP contribution in [0.4, 0.5) is 23.1 Å². The summed E-state index contributed by atoms with van der Waals surface area (Å²) in [5, 5.41) is 15.1. The molecule has 1 aliphatic heterocycles. The SMILES string of the molecule is Cn1cc(-c2cc(Nc3ncc(Br)c(Nc4ccc5nccnc5c4P(C)(C)=O)n3)ccc2C2CNCCO2)cn1. The fourth-order valence-electron chi connectivity index (χ4n) is 4.93. The van der Waals surface area contributed by atoms with Gasteiger partial charge < -0.3 is 25.3 Å². The van der Waals surface area contributed by atoms with Gasteiger partial charge in [0.25, 0.3) is 0 Å². The molecule has 3 N–H and O–H groups in total. The monoisotopic (exact) mass is 633 g/mol. The van der Waals surface area contributed by atoms with Gasteiger partial charge in [-0.15, -0.1) is 0 Å². The van der Waals surface area contributed by atoms with Crippen molar-refractivity contribution in [1.82, 2.24) is 35.0 Å². The molecular weight excluding hydrogens is 605 g/mol. The van der Waals surface area contributed by atoms with Gasteiger partial charge in [0.2, 0.25) is 5.95 Å². The second-order valence-corrected chi connectivity index (χ2v) is 14.1. The molecule has 1 fully saturated rings. The van der Waals surface area contributed by atoms with Gasteiger partial charge in [-0.05, 0) is 64.7 Å². The summed E-state index contributed by atoms with van der Waals surface area (Å²) in [4.78, 5) is 18.1. The smallest absolute Gasteiger partial charge is 0.229 e. The largest absolute Gasteiger partial charge is 0.371 e. The van der Waals surface area contributed by atoms with E-state index in [-0.39, 0.29) is 6.10 Å². The fraction of sp³-hybridized carbons (Fsp3) is 0.250. The van der Waals surface area contributed by atoms with Gasteiger partial charge in [0.1, 0.15) is 18.5 Å². The number of hydrogen-bond donors (Lipinski definition) is 3. The number of aromatic nitrogens is 6. The van der Waals surface area contributed by atoms with Gasteiger partial charge in [0.15, 0.2) is 0 Å². The van der Waals surface area contributed by atoms with E-state index in [1.807, 2.05) is 37.6 Å². The lowest BCUT2D eigenvalue weighted by molar-refractivity contribution is 0.0280. The number of nitrogens with zero attached hydrogens (tertiary/aromatic N) is 6. The number of ether oxygens (including phenoxy) is 1. The van der Waals surface area contributed by atoms with Gasteiger partial charge in [-0.3, -0.25) is 14.6 Å². The first kappa shape index (κ1) is 27.5. The highest BCUT2D eigenvalue weighted by atomic mass is 79.9. The van der Waals surface area contributed by atoms with Gasteiger partial charge in [0, 0.05) is 56.2 Å². The zero-order valence-corrected chi connectivity index (χ0v) is 25.3. The van der Waals surface area contributed by atoms with Crippen molar-refractivity contribution in [2.24, 2.45) is 7.05 Å². The summed E-state index contributed by atoms with van der Waals surface area (Å²) in [5.74, 6) is 0.917. The number of rotatable bonds is 7. The molecule has 1 aliphatic rings. The number of nitrogens with one attached hydrogen (secondary N) is 3. The zero-order valence-electron chi connectivity index (χ0n) is 22.8. The molecule has 11 nitrogen and oxygen atoms in total. The van der Waals surface area contributed by atoms with Crippen LogP contribution in [0, 0.1) is 0 Å². The highest BCUT2D eigenvalue weighted by Gasteiger charge is 2.23. The summed E-state index contributed by atoms with van der Waals surface area (Å²) in [6, 6.07) is 9.84. The molecule has 4 heterocycles. The standard InChI is InChI=1S/C28H29BrN9O2P/c1-38-16-17(13-34-38)20-12-18(4-5-19(20)24-15-30-10-11-40-24)35-28-33-14-21(29)27(37-28)36-23-7-6-22-25(32-9-8-31-22)26(23)41(2,3)39/h4-9,12-14,16,24,30H,10-11,15H2,1-3H3,(H2,33,35,36,37). The quantitative estimate of drug-likeness (QED) is 0.211. The third kappa shape index (κ3) is 5.87. The van der Waals surface area contributed by atoms with Crippen molar-refractivity contribution in [3.63, 3.8) is 0 Å². The summed E-state index contributed by atoms with van der Waals surface area (Å²) in [6.45, 7) is 5.70. The Morgan fingerprint density at radius 3 is 2.71 bits per heavy atom. The zero-order chi connectivity index (χ0) is 28.6. The van der Waals surface area contributed by atoms with Crippen molar-refractivity contribution in [3.05, 3.63) is 71.4 Å². The minimum atomic E-state index is -2.73. The summed E-state index contributed by atoms with van der Waals surface area (Å²) in [5.41, 5.74) is 5.87. The molecule has 1 unspecified atom stereocenters. The summed E-state index contributed by atoms with van der Waals surface area (Å²) >= 11 is 3.55. The minimum absolute atomic E-state index is 0.0540. The topological polar surface area (TPSA) is 132 Å². The van der Waals surface area contributed by atoms with Crippen LogP contribution in [0.3, 0.4) is 0 Å². The van der Waals surface area contributed by atoms with Crippen LogP contribution >= 0.6 is 23.1 Å². The Morgan fingerprint density at radius 1 is 1.10 bits per heavy atom. The van der Waals surface area contributed by atoms with Crippen LogP contribution in [0.25, 0.3) is 22.2 Å². The van der Waals surface area contributed by atoms with E-state index >= 15 is 0 Å². The minimum Gasteiger partial charge on any atom is -0.371 e. The van der Waals surface area contributed by atoms with Crippen LogP contribution in [0.15, 0.2) is 65.8 Å². The van der Waals surface area contributed by atoms with Gasteiger partial charge in [0.05, 0.1) is 39.9 Å². The molecule has 0 bridgehead atoms.